The van der Waals surface area contributed by atoms with E-state index in [2.05, 4.69) is 22.8 Å². The molecular weight excluding hydrogens is 252 g/mol. The maximum atomic E-state index is 11.6. The van der Waals surface area contributed by atoms with Gasteiger partial charge in [0.2, 0.25) is 5.91 Å². The topological polar surface area (TPSA) is 54.3 Å². The maximum absolute atomic E-state index is 11.6. The van der Waals surface area contributed by atoms with Crippen LogP contribution in [-0.2, 0) is 17.8 Å². The molecule has 0 unspecified atom stereocenters. The van der Waals surface area contributed by atoms with Gasteiger partial charge in [0.25, 0.3) is 0 Å². The smallest absolute Gasteiger partial charge is 0.233 e. The van der Waals surface area contributed by atoms with E-state index in [4.69, 9.17) is 4.42 Å². The Hall–Kier alpha value is -2.07. The Morgan fingerprint density at radius 3 is 2.70 bits per heavy atom. The van der Waals surface area contributed by atoms with E-state index in [0.717, 1.165) is 18.6 Å². The standard InChI is InChI=1S/C16H20N2O2/c19-16(13-17-12-15-9-5-11-20-15)18-10-4-8-14-6-2-1-3-7-14/h1-3,5-7,9,11,17H,4,8,10,12-13H2,(H,18,19). The minimum Gasteiger partial charge on any atom is -0.468 e. The second-order valence-corrected chi connectivity index (χ2v) is 4.62. The lowest BCUT2D eigenvalue weighted by Gasteiger charge is -2.06. The zero-order valence-electron chi connectivity index (χ0n) is 11.5. The van der Waals surface area contributed by atoms with Crippen molar-refractivity contribution in [3.05, 3.63) is 60.1 Å². The Bertz CT molecular complexity index is 494. The third-order valence-electron chi connectivity index (χ3n) is 2.97. The van der Waals surface area contributed by atoms with Crippen molar-refractivity contribution in [1.29, 1.82) is 0 Å². The number of hydrogen-bond acceptors (Lipinski definition) is 3. The molecule has 0 aliphatic heterocycles. The number of furan rings is 1. The SMILES string of the molecule is O=C(CNCc1ccco1)NCCCc1ccccc1. The summed E-state index contributed by atoms with van der Waals surface area (Å²) in [6.07, 6.45) is 3.57. The summed E-state index contributed by atoms with van der Waals surface area (Å²) in [5, 5.41) is 5.94. The van der Waals surface area contributed by atoms with Crippen LogP contribution in [0.1, 0.15) is 17.7 Å². The zero-order chi connectivity index (χ0) is 14.0. The van der Waals surface area contributed by atoms with Crippen LogP contribution in [0.2, 0.25) is 0 Å². The van der Waals surface area contributed by atoms with Gasteiger partial charge in [-0.2, -0.15) is 0 Å². The Morgan fingerprint density at radius 1 is 1.10 bits per heavy atom. The van der Waals surface area contributed by atoms with Crippen molar-refractivity contribution in [2.75, 3.05) is 13.1 Å². The molecule has 2 rings (SSSR count). The fourth-order valence-electron chi connectivity index (χ4n) is 1.94. The van der Waals surface area contributed by atoms with E-state index in [1.807, 2.05) is 30.3 Å². The first-order valence-corrected chi connectivity index (χ1v) is 6.88. The second kappa shape index (κ2) is 8.17. The largest absolute Gasteiger partial charge is 0.468 e. The monoisotopic (exact) mass is 272 g/mol. The predicted molar refractivity (Wildman–Crippen MR) is 78.2 cm³/mol. The van der Waals surface area contributed by atoms with Crippen LogP contribution in [0.15, 0.2) is 53.1 Å². The lowest BCUT2D eigenvalue weighted by molar-refractivity contribution is -0.120. The molecule has 0 spiro atoms. The van der Waals surface area contributed by atoms with E-state index in [0.29, 0.717) is 19.6 Å². The average Bonchev–Trinajstić information content (AvgIpc) is 2.98. The van der Waals surface area contributed by atoms with Gasteiger partial charge in [-0.25, -0.2) is 0 Å². The van der Waals surface area contributed by atoms with Gasteiger partial charge in [-0.15, -0.1) is 0 Å². The molecule has 0 saturated carbocycles. The van der Waals surface area contributed by atoms with E-state index in [9.17, 15) is 4.79 Å². The minimum atomic E-state index is 0.0182. The van der Waals surface area contributed by atoms with Gasteiger partial charge in [0.15, 0.2) is 0 Å². The molecular formula is C16H20N2O2. The van der Waals surface area contributed by atoms with E-state index >= 15 is 0 Å². The molecule has 4 nitrogen and oxygen atoms in total. The second-order valence-electron chi connectivity index (χ2n) is 4.62. The number of carbonyl (C=O) groups excluding carboxylic acids is 1. The lowest BCUT2D eigenvalue weighted by Crippen LogP contribution is -2.34. The first-order valence-electron chi connectivity index (χ1n) is 6.88. The molecule has 2 aromatic rings. The van der Waals surface area contributed by atoms with Gasteiger partial charge in [-0.3, -0.25) is 4.79 Å². The molecule has 0 atom stereocenters. The van der Waals surface area contributed by atoms with Gasteiger partial charge in [0, 0.05) is 6.54 Å². The number of carbonyl (C=O) groups is 1. The zero-order valence-corrected chi connectivity index (χ0v) is 11.5. The van der Waals surface area contributed by atoms with Crippen LogP contribution < -0.4 is 10.6 Å². The summed E-state index contributed by atoms with van der Waals surface area (Å²) in [7, 11) is 0. The third-order valence-corrected chi connectivity index (χ3v) is 2.97. The van der Waals surface area contributed by atoms with Crippen molar-refractivity contribution in [2.45, 2.75) is 19.4 Å². The van der Waals surface area contributed by atoms with E-state index in [-0.39, 0.29) is 5.91 Å². The Labute approximate surface area is 119 Å². The summed E-state index contributed by atoms with van der Waals surface area (Å²) in [4.78, 5) is 11.6. The maximum Gasteiger partial charge on any atom is 0.233 e. The first kappa shape index (κ1) is 14.3. The lowest BCUT2D eigenvalue weighted by atomic mass is 10.1. The quantitative estimate of drug-likeness (QED) is 0.724. The minimum absolute atomic E-state index is 0.0182. The highest BCUT2D eigenvalue weighted by Gasteiger charge is 2.01. The molecule has 0 bridgehead atoms. The number of rotatable bonds is 8. The molecule has 1 aromatic carbocycles. The molecule has 20 heavy (non-hydrogen) atoms. The predicted octanol–water partition coefficient (Wildman–Crippen LogP) is 2.12. The van der Waals surface area contributed by atoms with Gasteiger partial charge >= 0.3 is 0 Å². The summed E-state index contributed by atoms with van der Waals surface area (Å²) in [5.74, 6) is 0.853. The molecule has 1 amide bonds. The number of amides is 1. The summed E-state index contributed by atoms with van der Waals surface area (Å²) < 4.78 is 5.17. The summed E-state index contributed by atoms with van der Waals surface area (Å²) in [6, 6.07) is 14.0. The molecule has 1 heterocycles. The fourth-order valence-corrected chi connectivity index (χ4v) is 1.94. The van der Waals surface area contributed by atoms with Crippen molar-refractivity contribution < 1.29 is 9.21 Å². The molecule has 0 saturated heterocycles. The Balaban J connectivity index is 1.52. The highest BCUT2D eigenvalue weighted by Crippen LogP contribution is 2.01. The molecule has 1 aromatic heterocycles. The first-order chi connectivity index (χ1) is 9.84. The van der Waals surface area contributed by atoms with Crippen LogP contribution in [0.4, 0.5) is 0 Å². The average molecular weight is 272 g/mol. The van der Waals surface area contributed by atoms with Crippen LogP contribution >= 0.6 is 0 Å². The normalized spacial score (nSPS) is 10.4. The van der Waals surface area contributed by atoms with Gasteiger partial charge in [-0.05, 0) is 30.5 Å². The molecule has 106 valence electrons. The third kappa shape index (κ3) is 5.28. The van der Waals surface area contributed by atoms with Crippen LogP contribution in [0, 0.1) is 0 Å². The Morgan fingerprint density at radius 2 is 1.95 bits per heavy atom. The highest BCUT2D eigenvalue weighted by atomic mass is 16.3. The molecule has 0 aliphatic rings. The van der Waals surface area contributed by atoms with Crippen molar-refractivity contribution >= 4 is 5.91 Å². The molecule has 0 fully saturated rings. The molecule has 0 aliphatic carbocycles. The van der Waals surface area contributed by atoms with E-state index < -0.39 is 0 Å². The van der Waals surface area contributed by atoms with Crippen molar-refractivity contribution in [1.82, 2.24) is 10.6 Å². The molecule has 0 radical (unpaired) electrons. The Kier molecular flexibility index (Phi) is 5.86. The number of aryl methyl sites for hydroxylation is 1. The summed E-state index contributed by atoms with van der Waals surface area (Å²) in [6.45, 7) is 1.59. The van der Waals surface area contributed by atoms with Gasteiger partial charge < -0.3 is 15.1 Å². The van der Waals surface area contributed by atoms with Crippen molar-refractivity contribution in [2.24, 2.45) is 0 Å². The van der Waals surface area contributed by atoms with Gasteiger partial charge in [0.05, 0.1) is 19.4 Å². The fraction of sp³-hybridized carbons (Fsp3) is 0.312. The molecule has 4 heteroatoms. The van der Waals surface area contributed by atoms with Crippen molar-refractivity contribution in [3.63, 3.8) is 0 Å². The van der Waals surface area contributed by atoms with E-state index in [1.165, 1.54) is 5.56 Å². The summed E-state index contributed by atoms with van der Waals surface area (Å²) >= 11 is 0. The van der Waals surface area contributed by atoms with Crippen LogP contribution in [0.3, 0.4) is 0 Å². The summed E-state index contributed by atoms with van der Waals surface area (Å²) in [5.41, 5.74) is 1.30. The van der Waals surface area contributed by atoms with Crippen LogP contribution in [0.5, 0.6) is 0 Å². The number of nitrogens with one attached hydrogen (secondary N) is 2. The highest BCUT2D eigenvalue weighted by molar-refractivity contribution is 5.77. The molecule has 2 N–H and O–H groups in total. The van der Waals surface area contributed by atoms with Crippen LogP contribution in [0.25, 0.3) is 0 Å². The van der Waals surface area contributed by atoms with Gasteiger partial charge in [0.1, 0.15) is 5.76 Å². The van der Waals surface area contributed by atoms with Gasteiger partial charge in [-0.1, -0.05) is 30.3 Å². The van der Waals surface area contributed by atoms with Crippen LogP contribution in [-0.4, -0.2) is 19.0 Å². The number of benzene rings is 1. The van der Waals surface area contributed by atoms with E-state index in [1.54, 1.807) is 6.26 Å². The number of hydrogen-bond donors (Lipinski definition) is 2. The van der Waals surface area contributed by atoms with Crippen molar-refractivity contribution in [3.8, 4) is 0 Å².